The standard InChI is InChI=1S/C17H30N2O2/c1-16(2,20-3)10-12-21-11-8-14-5-4-9-17(14,13-18)19-15-6-7-15/h14-15,19H,4-12H2,1-3H3. The van der Waals surface area contributed by atoms with Crippen LogP contribution in [0.25, 0.3) is 0 Å². The van der Waals surface area contributed by atoms with Crippen molar-refractivity contribution in [1.29, 1.82) is 5.26 Å². The third-order valence-electron chi connectivity index (χ3n) is 5.07. The van der Waals surface area contributed by atoms with Gasteiger partial charge in [0.15, 0.2) is 0 Å². The van der Waals surface area contributed by atoms with Crippen molar-refractivity contribution in [2.24, 2.45) is 5.92 Å². The first kappa shape index (κ1) is 16.7. The molecule has 0 spiro atoms. The third kappa shape index (κ3) is 4.67. The fourth-order valence-electron chi connectivity index (χ4n) is 3.18. The summed E-state index contributed by atoms with van der Waals surface area (Å²) in [7, 11) is 1.74. The summed E-state index contributed by atoms with van der Waals surface area (Å²) in [5.74, 6) is 0.443. The summed E-state index contributed by atoms with van der Waals surface area (Å²) in [5.41, 5.74) is -0.395. The molecule has 0 aliphatic heterocycles. The fourth-order valence-corrected chi connectivity index (χ4v) is 3.18. The maximum absolute atomic E-state index is 9.64. The summed E-state index contributed by atoms with van der Waals surface area (Å²) in [6, 6.07) is 3.18. The average Bonchev–Trinajstić information content (AvgIpc) is 3.19. The van der Waals surface area contributed by atoms with Crippen molar-refractivity contribution in [3.63, 3.8) is 0 Å². The third-order valence-corrected chi connectivity index (χ3v) is 5.07. The average molecular weight is 294 g/mol. The van der Waals surface area contributed by atoms with Gasteiger partial charge in [0.2, 0.25) is 0 Å². The molecule has 0 heterocycles. The summed E-state index contributed by atoms with van der Waals surface area (Å²) < 4.78 is 11.2. The molecule has 2 rings (SSSR count). The highest BCUT2D eigenvalue weighted by molar-refractivity contribution is 5.16. The van der Waals surface area contributed by atoms with Crippen LogP contribution < -0.4 is 5.32 Å². The minimum absolute atomic E-state index is 0.114. The molecule has 2 saturated carbocycles. The Kier molecular flexibility index (Phi) is 5.65. The van der Waals surface area contributed by atoms with Crippen LogP contribution in [0.2, 0.25) is 0 Å². The number of hydrogen-bond donors (Lipinski definition) is 1. The molecule has 0 radical (unpaired) electrons. The highest BCUT2D eigenvalue weighted by atomic mass is 16.5. The van der Waals surface area contributed by atoms with E-state index in [1.54, 1.807) is 7.11 Å². The lowest BCUT2D eigenvalue weighted by Crippen LogP contribution is -2.48. The molecule has 0 amide bonds. The quantitative estimate of drug-likeness (QED) is 0.664. The van der Waals surface area contributed by atoms with E-state index < -0.39 is 0 Å². The Hall–Kier alpha value is -0.630. The fraction of sp³-hybridized carbons (Fsp3) is 0.941. The van der Waals surface area contributed by atoms with Crippen LogP contribution in [0, 0.1) is 17.2 Å². The second kappa shape index (κ2) is 7.09. The molecule has 4 nitrogen and oxygen atoms in total. The molecule has 21 heavy (non-hydrogen) atoms. The Bertz CT molecular complexity index is 373. The van der Waals surface area contributed by atoms with Crippen LogP contribution in [0.15, 0.2) is 0 Å². The Morgan fingerprint density at radius 2 is 2.05 bits per heavy atom. The second-order valence-corrected chi connectivity index (χ2v) is 7.21. The molecule has 0 bridgehead atoms. The van der Waals surface area contributed by atoms with Crippen molar-refractivity contribution in [3.8, 4) is 6.07 Å². The topological polar surface area (TPSA) is 54.3 Å². The van der Waals surface area contributed by atoms with Crippen LogP contribution >= 0.6 is 0 Å². The molecule has 2 unspecified atom stereocenters. The Balaban J connectivity index is 1.70. The molecule has 0 aromatic carbocycles. The highest BCUT2D eigenvalue weighted by Crippen LogP contribution is 2.40. The summed E-state index contributed by atoms with van der Waals surface area (Å²) >= 11 is 0. The van der Waals surface area contributed by atoms with Crippen molar-refractivity contribution < 1.29 is 9.47 Å². The van der Waals surface area contributed by atoms with Gasteiger partial charge in [-0.1, -0.05) is 6.42 Å². The van der Waals surface area contributed by atoms with E-state index in [0.717, 1.165) is 45.3 Å². The van der Waals surface area contributed by atoms with Gasteiger partial charge in [-0.2, -0.15) is 5.26 Å². The van der Waals surface area contributed by atoms with Crippen molar-refractivity contribution in [2.75, 3.05) is 20.3 Å². The smallest absolute Gasteiger partial charge is 0.109 e. The van der Waals surface area contributed by atoms with Crippen LogP contribution in [0.4, 0.5) is 0 Å². The maximum atomic E-state index is 9.64. The molecular formula is C17H30N2O2. The zero-order valence-electron chi connectivity index (χ0n) is 13.8. The molecule has 0 saturated heterocycles. The van der Waals surface area contributed by atoms with Crippen molar-refractivity contribution in [1.82, 2.24) is 5.32 Å². The van der Waals surface area contributed by atoms with Gasteiger partial charge in [-0.25, -0.2) is 0 Å². The van der Waals surface area contributed by atoms with Gasteiger partial charge in [0.1, 0.15) is 5.54 Å². The first-order valence-corrected chi connectivity index (χ1v) is 8.33. The van der Waals surface area contributed by atoms with Gasteiger partial charge >= 0.3 is 0 Å². The minimum atomic E-state index is -0.281. The Morgan fingerprint density at radius 1 is 1.29 bits per heavy atom. The van der Waals surface area contributed by atoms with Crippen molar-refractivity contribution in [2.45, 2.75) is 76.0 Å². The Morgan fingerprint density at radius 3 is 2.67 bits per heavy atom. The van der Waals surface area contributed by atoms with Crippen LogP contribution in [-0.4, -0.2) is 37.5 Å². The second-order valence-electron chi connectivity index (χ2n) is 7.21. The number of hydrogen-bond acceptors (Lipinski definition) is 4. The largest absolute Gasteiger partial charge is 0.381 e. The van der Waals surface area contributed by atoms with Crippen molar-refractivity contribution in [3.05, 3.63) is 0 Å². The molecule has 2 atom stereocenters. The molecule has 2 fully saturated rings. The summed E-state index contributed by atoms with van der Waals surface area (Å²) in [6.45, 7) is 5.63. The minimum Gasteiger partial charge on any atom is -0.381 e. The van der Waals surface area contributed by atoms with Gasteiger partial charge in [0.25, 0.3) is 0 Å². The molecular weight excluding hydrogens is 264 g/mol. The predicted octanol–water partition coefficient (Wildman–Crippen LogP) is 3.02. The highest BCUT2D eigenvalue weighted by Gasteiger charge is 2.45. The van der Waals surface area contributed by atoms with Gasteiger partial charge in [-0.15, -0.1) is 0 Å². The number of nitrogens with zero attached hydrogens (tertiary/aromatic N) is 1. The molecule has 2 aliphatic carbocycles. The number of rotatable bonds is 9. The van der Waals surface area contributed by atoms with Gasteiger partial charge in [0.05, 0.1) is 11.7 Å². The molecule has 0 aromatic rings. The number of nitrogens with one attached hydrogen (secondary N) is 1. The number of nitriles is 1. The summed E-state index contributed by atoms with van der Waals surface area (Å²) in [5, 5.41) is 13.2. The molecule has 2 aliphatic rings. The van der Waals surface area contributed by atoms with E-state index in [-0.39, 0.29) is 11.1 Å². The van der Waals surface area contributed by atoms with Gasteiger partial charge < -0.3 is 9.47 Å². The van der Waals surface area contributed by atoms with E-state index in [2.05, 4.69) is 25.2 Å². The summed E-state index contributed by atoms with van der Waals surface area (Å²) in [6.07, 6.45) is 7.67. The van der Waals surface area contributed by atoms with Crippen molar-refractivity contribution >= 4 is 0 Å². The lowest BCUT2D eigenvalue weighted by molar-refractivity contribution is -0.0117. The van der Waals surface area contributed by atoms with Crippen LogP contribution in [0.5, 0.6) is 0 Å². The van der Waals surface area contributed by atoms with Crippen LogP contribution in [0.1, 0.15) is 58.8 Å². The van der Waals surface area contributed by atoms with Crippen LogP contribution in [-0.2, 0) is 9.47 Å². The number of ether oxygens (including phenoxy) is 2. The van der Waals surface area contributed by atoms with Gasteiger partial charge in [0, 0.05) is 26.4 Å². The lowest BCUT2D eigenvalue weighted by atomic mass is 9.86. The van der Waals surface area contributed by atoms with E-state index in [0.29, 0.717) is 12.0 Å². The van der Waals surface area contributed by atoms with Gasteiger partial charge in [-0.3, -0.25) is 5.32 Å². The molecule has 4 heteroatoms. The monoisotopic (exact) mass is 294 g/mol. The van der Waals surface area contributed by atoms with E-state index in [9.17, 15) is 5.26 Å². The molecule has 1 N–H and O–H groups in total. The molecule has 0 aromatic heterocycles. The first-order chi connectivity index (χ1) is 10.0. The van der Waals surface area contributed by atoms with Crippen LogP contribution in [0.3, 0.4) is 0 Å². The SMILES string of the molecule is COC(C)(C)CCOCCC1CCCC1(C#N)NC1CC1. The normalized spacial score (nSPS) is 29.5. The van der Waals surface area contributed by atoms with E-state index >= 15 is 0 Å². The Labute approximate surface area is 129 Å². The van der Waals surface area contributed by atoms with E-state index in [4.69, 9.17) is 9.47 Å². The lowest BCUT2D eigenvalue weighted by Gasteiger charge is -2.30. The van der Waals surface area contributed by atoms with E-state index in [1.165, 1.54) is 12.8 Å². The molecule has 120 valence electrons. The number of methoxy groups -OCH3 is 1. The summed E-state index contributed by atoms with van der Waals surface area (Å²) in [4.78, 5) is 0. The zero-order valence-corrected chi connectivity index (χ0v) is 13.8. The van der Waals surface area contributed by atoms with Gasteiger partial charge in [-0.05, 0) is 58.3 Å². The predicted molar refractivity (Wildman–Crippen MR) is 83.0 cm³/mol. The zero-order chi connectivity index (χ0) is 15.3. The first-order valence-electron chi connectivity index (χ1n) is 8.33. The van der Waals surface area contributed by atoms with E-state index in [1.807, 2.05) is 0 Å². The maximum Gasteiger partial charge on any atom is 0.109 e.